The Hall–Kier alpha value is -0.680. The lowest BCUT2D eigenvalue weighted by Crippen LogP contribution is -2.74. The zero-order valence-electron chi connectivity index (χ0n) is 13.2. The Balaban J connectivity index is 1.57. The number of carbonyl (C=O) groups excluding carboxylic acids is 1. The maximum Gasteiger partial charge on any atom is 0.260 e. The van der Waals surface area contributed by atoms with Crippen LogP contribution in [-0.2, 0) is 9.53 Å². The van der Waals surface area contributed by atoms with Crippen molar-refractivity contribution in [2.45, 2.75) is 50.2 Å². The van der Waals surface area contributed by atoms with Gasteiger partial charge >= 0.3 is 0 Å². The number of likely N-dealkylation sites (N-methyl/N-ethyl adjacent to an activating group) is 1. The van der Waals surface area contributed by atoms with Crippen molar-refractivity contribution < 1.29 is 13.9 Å². The van der Waals surface area contributed by atoms with Crippen LogP contribution in [0.15, 0.2) is 0 Å². The van der Waals surface area contributed by atoms with Crippen molar-refractivity contribution in [2.75, 3.05) is 39.9 Å². The Morgan fingerprint density at radius 1 is 1.38 bits per heavy atom. The Labute approximate surface area is 126 Å². The first-order valence-electron chi connectivity index (χ1n) is 8.26. The van der Waals surface area contributed by atoms with Gasteiger partial charge in [0.15, 0.2) is 5.67 Å². The predicted molar refractivity (Wildman–Crippen MR) is 78.8 cm³/mol. The number of nitrogens with zero attached hydrogens (tertiary/aromatic N) is 2. The van der Waals surface area contributed by atoms with Crippen LogP contribution >= 0.6 is 0 Å². The molecular weight excluding hydrogens is 271 g/mol. The number of ether oxygens (including phenoxy) is 1. The molecule has 2 saturated heterocycles. The van der Waals surface area contributed by atoms with Crippen LogP contribution in [0.5, 0.6) is 0 Å². The van der Waals surface area contributed by atoms with Gasteiger partial charge in [0.05, 0.1) is 5.54 Å². The van der Waals surface area contributed by atoms with Gasteiger partial charge in [0.1, 0.15) is 0 Å². The molecule has 0 aromatic rings. The quantitative estimate of drug-likeness (QED) is 0.794. The second-order valence-corrected chi connectivity index (χ2v) is 7.14. The molecule has 4 nitrogen and oxygen atoms in total. The molecule has 0 aromatic heterocycles. The van der Waals surface area contributed by atoms with Gasteiger partial charge < -0.3 is 9.64 Å². The zero-order chi connectivity index (χ0) is 15.1. The third-order valence-electron chi connectivity index (χ3n) is 5.70. The van der Waals surface area contributed by atoms with E-state index in [4.69, 9.17) is 4.74 Å². The van der Waals surface area contributed by atoms with Gasteiger partial charge in [0.25, 0.3) is 5.91 Å². The first-order valence-corrected chi connectivity index (χ1v) is 8.26. The fourth-order valence-corrected chi connectivity index (χ4v) is 4.00. The van der Waals surface area contributed by atoms with Gasteiger partial charge in [-0.15, -0.1) is 0 Å². The normalized spacial score (nSPS) is 30.8. The Morgan fingerprint density at radius 3 is 2.67 bits per heavy atom. The minimum absolute atomic E-state index is 0.0653. The third kappa shape index (κ3) is 2.59. The van der Waals surface area contributed by atoms with Crippen molar-refractivity contribution in [1.82, 2.24) is 9.80 Å². The highest BCUT2D eigenvalue weighted by molar-refractivity contribution is 5.87. The smallest absolute Gasteiger partial charge is 0.260 e. The molecular formula is C16H27FN2O2. The topological polar surface area (TPSA) is 32.8 Å². The van der Waals surface area contributed by atoms with Crippen molar-refractivity contribution in [3.63, 3.8) is 0 Å². The summed E-state index contributed by atoms with van der Waals surface area (Å²) in [6.45, 7) is 6.02. The van der Waals surface area contributed by atoms with Crippen molar-refractivity contribution in [1.29, 1.82) is 0 Å². The molecule has 1 spiro atoms. The van der Waals surface area contributed by atoms with Crippen LogP contribution in [0, 0.1) is 5.92 Å². The molecule has 1 unspecified atom stereocenters. The summed E-state index contributed by atoms with van der Waals surface area (Å²) in [6.07, 6.45) is 3.89. The van der Waals surface area contributed by atoms with Crippen molar-refractivity contribution >= 4 is 5.91 Å². The van der Waals surface area contributed by atoms with Gasteiger partial charge in [0, 0.05) is 26.3 Å². The Kier molecular flexibility index (Phi) is 3.99. The number of carbonyl (C=O) groups is 1. The molecule has 0 bridgehead atoms. The number of piperidine rings is 1. The molecule has 21 heavy (non-hydrogen) atoms. The summed E-state index contributed by atoms with van der Waals surface area (Å²) < 4.78 is 19.8. The number of likely N-dealkylation sites (tertiary alicyclic amines) is 2. The molecule has 0 radical (unpaired) electrons. The predicted octanol–water partition coefficient (Wildman–Crippen LogP) is 1.84. The van der Waals surface area contributed by atoms with Gasteiger partial charge in [-0.3, -0.25) is 9.69 Å². The summed E-state index contributed by atoms with van der Waals surface area (Å²) in [5.41, 5.74) is -1.48. The Bertz CT molecular complexity index is 403. The number of hydrogen-bond donors (Lipinski definition) is 0. The summed E-state index contributed by atoms with van der Waals surface area (Å²) in [4.78, 5) is 16.3. The fraction of sp³-hybridized carbons (Fsp3) is 0.938. The van der Waals surface area contributed by atoms with Gasteiger partial charge in [-0.05, 0) is 58.5 Å². The molecule has 1 aliphatic carbocycles. The average molecular weight is 298 g/mol. The summed E-state index contributed by atoms with van der Waals surface area (Å²) in [5, 5.41) is 0. The molecule has 0 N–H and O–H groups in total. The van der Waals surface area contributed by atoms with Gasteiger partial charge in [-0.2, -0.15) is 0 Å². The van der Waals surface area contributed by atoms with E-state index in [0.717, 1.165) is 39.0 Å². The number of hydrogen-bond acceptors (Lipinski definition) is 3. The van der Waals surface area contributed by atoms with Crippen LogP contribution < -0.4 is 0 Å². The molecule has 1 atom stereocenters. The van der Waals surface area contributed by atoms with E-state index in [-0.39, 0.29) is 11.4 Å². The van der Waals surface area contributed by atoms with Gasteiger partial charge in [-0.1, -0.05) is 0 Å². The van der Waals surface area contributed by atoms with Crippen LogP contribution in [0.2, 0.25) is 0 Å². The monoisotopic (exact) mass is 298 g/mol. The van der Waals surface area contributed by atoms with E-state index < -0.39 is 5.67 Å². The lowest BCUT2D eigenvalue weighted by molar-refractivity contribution is -0.168. The molecule has 0 aromatic carbocycles. The summed E-state index contributed by atoms with van der Waals surface area (Å²) in [5.74, 6) is 0.307. The zero-order valence-corrected chi connectivity index (χ0v) is 13.2. The van der Waals surface area contributed by atoms with E-state index in [1.54, 1.807) is 4.90 Å². The molecule has 2 aliphatic heterocycles. The van der Waals surface area contributed by atoms with Crippen molar-refractivity contribution in [3.8, 4) is 0 Å². The minimum atomic E-state index is -1.54. The first kappa shape index (κ1) is 15.2. The highest BCUT2D eigenvalue weighted by Gasteiger charge is 2.56. The number of rotatable bonds is 4. The summed E-state index contributed by atoms with van der Waals surface area (Å²) in [6, 6.07) is 0. The molecule has 1 saturated carbocycles. The fourth-order valence-electron chi connectivity index (χ4n) is 4.00. The SMILES string of the molecule is CCOCC1CCN(C)C2(C1)CN(C(=O)C1(F)CCC1)C2. The van der Waals surface area contributed by atoms with E-state index >= 15 is 0 Å². The maximum atomic E-state index is 14.2. The number of alkyl halides is 1. The van der Waals surface area contributed by atoms with Crippen LogP contribution in [0.4, 0.5) is 4.39 Å². The van der Waals surface area contributed by atoms with Crippen LogP contribution in [-0.4, -0.2) is 66.8 Å². The molecule has 5 heteroatoms. The number of halogens is 1. The van der Waals surface area contributed by atoms with Gasteiger partial charge in [0.2, 0.25) is 0 Å². The third-order valence-corrected chi connectivity index (χ3v) is 5.70. The molecule has 2 heterocycles. The van der Waals surface area contributed by atoms with E-state index in [1.807, 2.05) is 6.92 Å². The number of amides is 1. The molecule has 1 amide bonds. The van der Waals surface area contributed by atoms with Gasteiger partial charge in [-0.25, -0.2) is 4.39 Å². The molecule has 3 fully saturated rings. The summed E-state index contributed by atoms with van der Waals surface area (Å²) >= 11 is 0. The second kappa shape index (κ2) is 5.51. The van der Waals surface area contributed by atoms with E-state index in [9.17, 15) is 9.18 Å². The lowest BCUT2D eigenvalue weighted by atomic mass is 9.73. The Morgan fingerprint density at radius 2 is 2.10 bits per heavy atom. The highest BCUT2D eigenvalue weighted by atomic mass is 19.1. The standard InChI is InChI=1S/C16H27FN2O2/c1-3-21-10-13-5-8-18(2)15(9-13)11-19(12-15)14(20)16(17)6-4-7-16/h13H,3-12H2,1-2H3. The van der Waals surface area contributed by atoms with E-state index in [0.29, 0.717) is 31.8 Å². The van der Waals surface area contributed by atoms with E-state index in [2.05, 4.69) is 11.9 Å². The van der Waals surface area contributed by atoms with Crippen molar-refractivity contribution in [2.24, 2.45) is 5.92 Å². The largest absolute Gasteiger partial charge is 0.381 e. The second-order valence-electron chi connectivity index (χ2n) is 7.14. The van der Waals surface area contributed by atoms with Crippen LogP contribution in [0.1, 0.15) is 39.0 Å². The minimum Gasteiger partial charge on any atom is -0.381 e. The van der Waals surface area contributed by atoms with Crippen LogP contribution in [0.3, 0.4) is 0 Å². The molecule has 120 valence electrons. The first-order chi connectivity index (χ1) is 9.99. The molecule has 3 rings (SSSR count). The van der Waals surface area contributed by atoms with Crippen molar-refractivity contribution in [3.05, 3.63) is 0 Å². The maximum absolute atomic E-state index is 14.2. The summed E-state index contributed by atoms with van der Waals surface area (Å²) in [7, 11) is 2.13. The average Bonchev–Trinajstić information content (AvgIpc) is 2.40. The van der Waals surface area contributed by atoms with Crippen LogP contribution in [0.25, 0.3) is 0 Å². The molecule has 3 aliphatic rings. The highest BCUT2D eigenvalue weighted by Crippen LogP contribution is 2.43. The lowest BCUT2D eigenvalue weighted by Gasteiger charge is -2.59. The van der Waals surface area contributed by atoms with E-state index in [1.165, 1.54) is 0 Å².